The number of nitrogens with one attached hydrogen (secondary N) is 2. The van der Waals surface area contributed by atoms with Gasteiger partial charge in [-0.3, -0.25) is 13.9 Å². The van der Waals surface area contributed by atoms with Crippen LogP contribution in [0.5, 0.6) is 0 Å². The molecule has 0 bridgehead atoms. The monoisotopic (exact) mass is 521 g/mol. The van der Waals surface area contributed by atoms with Crippen LogP contribution in [-0.2, 0) is 20.2 Å². The molecular weight excluding hydrogens is 486 g/mol. The molecule has 1 atom stereocenters. The first-order valence-corrected chi connectivity index (χ1v) is 13.9. The van der Waals surface area contributed by atoms with Gasteiger partial charge in [-0.1, -0.05) is 45.0 Å². The molecule has 37 heavy (non-hydrogen) atoms. The Kier molecular flexibility index (Phi) is 8.12. The van der Waals surface area contributed by atoms with Crippen molar-refractivity contribution in [2.24, 2.45) is 0 Å². The summed E-state index contributed by atoms with van der Waals surface area (Å²) in [6.07, 6.45) is 1.08. The Morgan fingerprint density at radius 2 is 1.38 bits per heavy atom. The number of aryl methyl sites for hydroxylation is 2. The van der Waals surface area contributed by atoms with E-state index >= 15 is 0 Å². The summed E-state index contributed by atoms with van der Waals surface area (Å²) < 4.78 is 26.4. The minimum atomic E-state index is -3.74. The second-order valence-corrected chi connectivity index (χ2v) is 12.3. The smallest absolute Gasteiger partial charge is 0.255 e. The van der Waals surface area contributed by atoms with Crippen LogP contribution in [0.15, 0.2) is 66.7 Å². The Hall–Kier alpha value is -3.65. The number of nitrogens with zero attached hydrogens (tertiary/aromatic N) is 1. The molecule has 0 radical (unpaired) electrons. The zero-order chi connectivity index (χ0) is 27.5. The normalized spacial score (nSPS) is 12.5. The molecule has 0 saturated heterocycles. The molecule has 0 aliphatic carbocycles. The highest BCUT2D eigenvalue weighted by atomic mass is 32.2. The van der Waals surface area contributed by atoms with Crippen molar-refractivity contribution in [1.82, 2.24) is 0 Å². The third-order valence-corrected chi connectivity index (χ3v) is 7.19. The average molecular weight is 522 g/mol. The van der Waals surface area contributed by atoms with Gasteiger partial charge in [-0.15, -0.1) is 0 Å². The number of hydrogen-bond acceptors (Lipinski definition) is 4. The first kappa shape index (κ1) is 27.9. The number of benzene rings is 3. The van der Waals surface area contributed by atoms with Gasteiger partial charge < -0.3 is 10.6 Å². The van der Waals surface area contributed by atoms with Gasteiger partial charge in [0.15, 0.2) is 0 Å². The predicted molar refractivity (Wildman–Crippen MR) is 151 cm³/mol. The van der Waals surface area contributed by atoms with Crippen LogP contribution >= 0.6 is 0 Å². The lowest BCUT2D eigenvalue weighted by Crippen LogP contribution is -2.45. The van der Waals surface area contributed by atoms with Crippen LogP contribution < -0.4 is 14.9 Å². The second-order valence-electron chi connectivity index (χ2n) is 10.4. The number of carbonyl (C=O) groups is 2. The van der Waals surface area contributed by atoms with Crippen molar-refractivity contribution in [3.8, 4) is 0 Å². The summed E-state index contributed by atoms with van der Waals surface area (Å²) in [7, 11) is -3.74. The Balaban J connectivity index is 1.76. The Morgan fingerprint density at radius 1 is 0.838 bits per heavy atom. The number of amides is 2. The fraction of sp³-hybridized carbons (Fsp3) is 0.310. The molecule has 0 heterocycles. The van der Waals surface area contributed by atoms with E-state index in [1.165, 1.54) is 0 Å². The molecule has 196 valence electrons. The first-order valence-electron chi connectivity index (χ1n) is 12.1. The van der Waals surface area contributed by atoms with E-state index in [0.717, 1.165) is 27.3 Å². The number of sulfonamides is 1. The van der Waals surface area contributed by atoms with Crippen molar-refractivity contribution in [2.45, 2.75) is 53.0 Å². The molecular formula is C29H35N3O4S. The van der Waals surface area contributed by atoms with E-state index in [1.54, 1.807) is 55.5 Å². The molecule has 0 fully saturated rings. The maximum Gasteiger partial charge on any atom is 0.255 e. The fourth-order valence-corrected chi connectivity index (χ4v) is 5.29. The zero-order valence-electron chi connectivity index (χ0n) is 22.4. The summed E-state index contributed by atoms with van der Waals surface area (Å²) in [6, 6.07) is 18.6. The molecule has 0 unspecified atom stereocenters. The zero-order valence-corrected chi connectivity index (χ0v) is 23.2. The van der Waals surface area contributed by atoms with E-state index in [4.69, 9.17) is 0 Å². The SMILES string of the molecule is Cc1cc(C)cc(N([C@H](C)C(=O)Nc2cccc(NC(=O)c3ccc(C(C)(C)C)cc3)c2)S(C)(=O)=O)c1. The molecule has 3 aromatic carbocycles. The minimum absolute atomic E-state index is 0.0104. The fourth-order valence-electron chi connectivity index (χ4n) is 4.13. The molecule has 2 amide bonds. The van der Waals surface area contributed by atoms with Gasteiger partial charge >= 0.3 is 0 Å². The van der Waals surface area contributed by atoms with Crippen LogP contribution in [0.3, 0.4) is 0 Å². The molecule has 0 aliphatic rings. The third-order valence-electron chi connectivity index (χ3n) is 5.95. The van der Waals surface area contributed by atoms with Gasteiger partial charge in [-0.2, -0.15) is 0 Å². The quantitative estimate of drug-likeness (QED) is 0.420. The lowest BCUT2D eigenvalue weighted by molar-refractivity contribution is -0.116. The summed E-state index contributed by atoms with van der Waals surface area (Å²) in [4.78, 5) is 25.9. The first-order chi connectivity index (χ1) is 17.1. The van der Waals surface area contributed by atoms with Crippen LogP contribution in [-0.4, -0.2) is 32.5 Å². The molecule has 0 saturated carbocycles. The van der Waals surface area contributed by atoms with Gasteiger partial charge in [-0.05, 0) is 85.3 Å². The highest BCUT2D eigenvalue weighted by molar-refractivity contribution is 7.92. The number of hydrogen-bond donors (Lipinski definition) is 2. The highest BCUT2D eigenvalue weighted by Gasteiger charge is 2.29. The lowest BCUT2D eigenvalue weighted by atomic mass is 9.87. The van der Waals surface area contributed by atoms with E-state index in [0.29, 0.717) is 22.6 Å². The van der Waals surface area contributed by atoms with E-state index < -0.39 is 22.0 Å². The lowest BCUT2D eigenvalue weighted by Gasteiger charge is -2.29. The van der Waals surface area contributed by atoms with E-state index in [2.05, 4.69) is 31.4 Å². The van der Waals surface area contributed by atoms with Gasteiger partial charge in [-0.25, -0.2) is 8.42 Å². The Labute approximate surface area is 220 Å². The predicted octanol–water partition coefficient (Wildman–Crippen LogP) is 5.65. The molecule has 0 spiro atoms. The van der Waals surface area contributed by atoms with Gasteiger partial charge in [0.05, 0.1) is 11.9 Å². The molecule has 0 aromatic heterocycles. The molecule has 8 heteroatoms. The van der Waals surface area contributed by atoms with Crippen LogP contribution in [0, 0.1) is 13.8 Å². The largest absolute Gasteiger partial charge is 0.324 e. The van der Waals surface area contributed by atoms with Crippen molar-refractivity contribution in [3.63, 3.8) is 0 Å². The average Bonchev–Trinajstić information content (AvgIpc) is 2.77. The van der Waals surface area contributed by atoms with Crippen molar-refractivity contribution in [1.29, 1.82) is 0 Å². The molecule has 3 aromatic rings. The van der Waals surface area contributed by atoms with Crippen LogP contribution in [0.4, 0.5) is 17.1 Å². The summed E-state index contributed by atoms with van der Waals surface area (Å²) in [5.74, 6) is -0.763. The maximum atomic E-state index is 13.1. The summed E-state index contributed by atoms with van der Waals surface area (Å²) in [6.45, 7) is 11.6. The Morgan fingerprint density at radius 3 is 1.89 bits per heavy atom. The van der Waals surface area contributed by atoms with Crippen LogP contribution in [0.2, 0.25) is 0 Å². The van der Waals surface area contributed by atoms with E-state index in [9.17, 15) is 18.0 Å². The minimum Gasteiger partial charge on any atom is -0.324 e. The van der Waals surface area contributed by atoms with Gasteiger partial charge in [0.1, 0.15) is 6.04 Å². The molecule has 3 rings (SSSR count). The van der Waals surface area contributed by atoms with Crippen molar-refractivity contribution >= 4 is 38.9 Å². The van der Waals surface area contributed by atoms with Crippen LogP contribution in [0.25, 0.3) is 0 Å². The van der Waals surface area contributed by atoms with Crippen molar-refractivity contribution < 1.29 is 18.0 Å². The maximum absolute atomic E-state index is 13.1. The van der Waals surface area contributed by atoms with Gasteiger partial charge in [0.2, 0.25) is 15.9 Å². The highest BCUT2D eigenvalue weighted by Crippen LogP contribution is 2.25. The van der Waals surface area contributed by atoms with E-state index in [-0.39, 0.29) is 11.3 Å². The summed E-state index contributed by atoms with van der Waals surface area (Å²) in [5, 5.41) is 5.62. The number of anilines is 3. The molecule has 2 N–H and O–H groups in total. The molecule has 0 aliphatic heterocycles. The topological polar surface area (TPSA) is 95.6 Å². The summed E-state index contributed by atoms with van der Waals surface area (Å²) in [5.41, 5.74) is 4.81. The summed E-state index contributed by atoms with van der Waals surface area (Å²) >= 11 is 0. The second kappa shape index (κ2) is 10.8. The Bertz CT molecular complexity index is 1390. The van der Waals surface area contributed by atoms with Crippen molar-refractivity contribution in [3.05, 3.63) is 89.0 Å². The van der Waals surface area contributed by atoms with E-state index in [1.807, 2.05) is 32.0 Å². The van der Waals surface area contributed by atoms with Gasteiger partial charge in [0, 0.05) is 16.9 Å². The standard InChI is InChI=1S/C29H35N3O4S/c1-19-15-20(2)17-26(16-19)32(37(7,35)36)21(3)27(33)30-24-9-8-10-25(18-24)31-28(34)22-11-13-23(14-12-22)29(4,5)6/h8-18,21H,1-7H3,(H,30,33)(H,31,34)/t21-/m1/s1. The third kappa shape index (κ3) is 7.20. The number of rotatable bonds is 7. The van der Waals surface area contributed by atoms with Gasteiger partial charge in [0.25, 0.3) is 5.91 Å². The number of carbonyl (C=O) groups excluding carboxylic acids is 2. The van der Waals surface area contributed by atoms with Crippen molar-refractivity contribution in [2.75, 3.05) is 21.2 Å². The van der Waals surface area contributed by atoms with Crippen LogP contribution in [0.1, 0.15) is 54.7 Å². The molecule has 7 nitrogen and oxygen atoms in total.